The third-order valence-electron chi connectivity index (χ3n) is 8.26. The lowest BCUT2D eigenvalue weighted by Gasteiger charge is -2.28. The zero-order valence-corrected chi connectivity index (χ0v) is 24.5. The van der Waals surface area contributed by atoms with E-state index in [1.807, 2.05) is 54.7 Å². The van der Waals surface area contributed by atoms with E-state index in [0.717, 1.165) is 27.4 Å². The number of nitrogens with two attached hydrogens (primary N) is 1. The van der Waals surface area contributed by atoms with Crippen molar-refractivity contribution in [2.24, 2.45) is 5.73 Å². The standard InChI is InChI=1S/C32H36N6O7/c33-22(14-18-16-34-23-8-3-1-6-20(18)23)31(43)38-13-5-10-27(38)30(42)37-26(15-19-17-35-24-9-4-2-7-21(19)24)29(41)36-25(32(44)45)11-12-28(39)40/h1-4,6-9,16-17,22,25-27,34-35H,5,10-15,33H2,(H,36,41)(H,37,42)(H,39,40)(H,44,45). The summed E-state index contributed by atoms with van der Waals surface area (Å²) in [5.41, 5.74) is 9.71. The summed E-state index contributed by atoms with van der Waals surface area (Å²) in [6.45, 7) is 0.327. The highest BCUT2D eigenvalue weighted by Crippen LogP contribution is 2.23. The van der Waals surface area contributed by atoms with E-state index in [0.29, 0.717) is 24.9 Å². The molecule has 13 heteroatoms. The predicted octanol–water partition coefficient (Wildman–Crippen LogP) is 1.67. The first-order valence-corrected chi connectivity index (χ1v) is 14.8. The molecule has 2 aromatic carbocycles. The molecule has 1 fully saturated rings. The number of amides is 3. The van der Waals surface area contributed by atoms with Gasteiger partial charge < -0.3 is 41.4 Å². The minimum absolute atomic E-state index is 0.0214. The second-order valence-corrected chi connectivity index (χ2v) is 11.3. The molecule has 0 radical (unpaired) electrons. The Morgan fingerprint density at radius 2 is 1.47 bits per heavy atom. The summed E-state index contributed by atoms with van der Waals surface area (Å²) in [6, 6.07) is 10.7. The number of likely N-dealkylation sites (tertiary alicyclic amines) is 1. The van der Waals surface area contributed by atoms with Crippen LogP contribution in [0.4, 0.5) is 0 Å². The van der Waals surface area contributed by atoms with Crippen LogP contribution in [0.3, 0.4) is 0 Å². The molecule has 2 aromatic heterocycles. The molecular weight excluding hydrogens is 580 g/mol. The maximum Gasteiger partial charge on any atom is 0.326 e. The Labute approximate surface area is 258 Å². The van der Waals surface area contributed by atoms with Gasteiger partial charge in [0.15, 0.2) is 0 Å². The number of carbonyl (C=O) groups excluding carboxylic acids is 3. The molecule has 1 aliphatic rings. The minimum atomic E-state index is -1.47. The second-order valence-electron chi connectivity index (χ2n) is 11.3. The first-order chi connectivity index (χ1) is 21.6. The minimum Gasteiger partial charge on any atom is -0.481 e. The number of para-hydroxylation sites is 2. The number of carboxylic acids is 2. The van der Waals surface area contributed by atoms with E-state index in [1.165, 1.54) is 4.90 Å². The van der Waals surface area contributed by atoms with Crippen LogP contribution in [-0.4, -0.2) is 85.5 Å². The van der Waals surface area contributed by atoms with Crippen LogP contribution in [-0.2, 0) is 36.8 Å². The topological polar surface area (TPSA) is 211 Å². The van der Waals surface area contributed by atoms with Gasteiger partial charge in [-0.2, -0.15) is 0 Å². The molecule has 3 heterocycles. The van der Waals surface area contributed by atoms with Gasteiger partial charge in [-0.1, -0.05) is 36.4 Å². The van der Waals surface area contributed by atoms with Crippen LogP contribution >= 0.6 is 0 Å². The summed E-state index contributed by atoms with van der Waals surface area (Å²) < 4.78 is 0. The van der Waals surface area contributed by atoms with Crippen LogP contribution in [0.25, 0.3) is 21.8 Å². The Kier molecular flexibility index (Phi) is 9.48. The highest BCUT2D eigenvalue weighted by molar-refractivity contribution is 5.95. The molecule has 0 bridgehead atoms. The second kappa shape index (κ2) is 13.6. The molecule has 4 aromatic rings. The number of nitrogens with one attached hydrogen (secondary N) is 4. The molecule has 0 aliphatic carbocycles. The fourth-order valence-corrected chi connectivity index (χ4v) is 5.94. The number of benzene rings is 2. The first-order valence-electron chi connectivity index (χ1n) is 14.8. The summed E-state index contributed by atoms with van der Waals surface area (Å²) in [4.78, 5) is 71.3. The highest BCUT2D eigenvalue weighted by Gasteiger charge is 2.38. The van der Waals surface area contributed by atoms with E-state index < -0.39 is 54.3 Å². The van der Waals surface area contributed by atoms with Gasteiger partial charge in [0, 0.05) is 53.6 Å². The molecule has 1 aliphatic heterocycles. The highest BCUT2D eigenvalue weighted by atomic mass is 16.4. The fourth-order valence-electron chi connectivity index (χ4n) is 5.94. The van der Waals surface area contributed by atoms with Gasteiger partial charge in [0.25, 0.3) is 0 Å². The molecule has 236 valence electrons. The maximum atomic E-state index is 13.7. The van der Waals surface area contributed by atoms with Crippen molar-refractivity contribution in [1.29, 1.82) is 0 Å². The number of aliphatic carboxylic acids is 2. The number of carbonyl (C=O) groups is 5. The SMILES string of the molecule is NC(Cc1c[nH]c2ccccc12)C(=O)N1CCCC1C(=O)NC(Cc1c[nH]c2ccccc12)C(=O)NC(CCC(=O)O)C(=O)O. The Balaban J connectivity index is 1.32. The van der Waals surface area contributed by atoms with Gasteiger partial charge >= 0.3 is 11.9 Å². The summed E-state index contributed by atoms with van der Waals surface area (Å²) >= 11 is 0. The van der Waals surface area contributed by atoms with Gasteiger partial charge in [0.1, 0.15) is 18.1 Å². The van der Waals surface area contributed by atoms with Gasteiger partial charge in [-0.15, -0.1) is 0 Å². The summed E-state index contributed by atoms with van der Waals surface area (Å²) in [7, 11) is 0. The molecule has 13 nitrogen and oxygen atoms in total. The Morgan fingerprint density at radius 1 is 0.867 bits per heavy atom. The van der Waals surface area contributed by atoms with E-state index in [1.54, 1.807) is 6.20 Å². The van der Waals surface area contributed by atoms with Crippen molar-refractivity contribution in [2.75, 3.05) is 6.54 Å². The number of hydrogen-bond acceptors (Lipinski definition) is 6. The third kappa shape index (κ3) is 7.15. The van der Waals surface area contributed by atoms with Crippen molar-refractivity contribution in [3.63, 3.8) is 0 Å². The van der Waals surface area contributed by atoms with Crippen LogP contribution in [0.1, 0.15) is 36.8 Å². The fraction of sp³-hybridized carbons (Fsp3) is 0.344. The van der Waals surface area contributed by atoms with Crippen LogP contribution in [0.5, 0.6) is 0 Å². The van der Waals surface area contributed by atoms with E-state index in [-0.39, 0.29) is 25.2 Å². The van der Waals surface area contributed by atoms with Crippen molar-refractivity contribution in [3.8, 4) is 0 Å². The van der Waals surface area contributed by atoms with Crippen molar-refractivity contribution in [1.82, 2.24) is 25.5 Å². The van der Waals surface area contributed by atoms with Crippen LogP contribution in [0, 0.1) is 0 Å². The predicted molar refractivity (Wildman–Crippen MR) is 165 cm³/mol. The van der Waals surface area contributed by atoms with Crippen molar-refractivity contribution in [3.05, 3.63) is 72.1 Å². The van der Waals surface area contributed by atoms with Crippen LogP contribution in [0.2, 0.25) is 0 Å². The quantitative estimate of drug-likeness (QED) is 0.117. The lowest BCUT2D eigenvalue weighted by Crippen LogP contribution is -2.57. The average molecular weight is 617 g/mol. The summed E-state index contributed by atoms with van der Waals surface area (Å²) in [6.07, 6.45) is 3.97. The monoisotopic (exact) mass is 616 g/mol. The normalized spacial score (nSPS) is 16.7. The van der Waals surface area contributed by atoms with E-state index in [9.17, 15) is 29.1 Å². The number of nitrogens with zero attached hydrogens (tertiary/aromatic N) is 1. The molecule has 5 rings (SSSR count). The number of H-pyrrole nitrogens is 2. The number of carboxylic acid groups (broad SMARTS) is 2. The largest absolute Gasteiger partial charge is 0.481 e. The zero-order valence-electron chi connectivity index (χ0n) is 24.5. The van der Waals surface area contributed by atoms with Gasteiger partial charge in [0.2, 0.25) is 17.7 Å². The van der Waals surface area contributed by atoms with E-state index in [2.05, 4.69) is 20.6 Å². The first kappa shape index (κ1) is 31.3. The number of aromatic amines is 2. The molecule has 4 atom stereocenters. The number of fused-ring (bicyclic) bond motifs is 2. The maximum absolute atomic E-state index is 13.7. The zero-order chi connectivity index (χ0) is 32.1. The summed E-state index contributed by atoms with van der Waals surface area (Å²) in [5.74, 6) is -4.31. The van der Waals surface area contributed by atoms with Crippen LogP contribution < -0.4 is 16.4 Å². The summed E-state index contributed by atoms with van der Waals surface area (Å²) in [5, 5.41) is 25.6. The Hall–Kier alpha value is -5.17. The molecule has 3 amide bonds. The van der Waals surface area contributed by atoms with E-state index in [4.69, 9.17) is 10.8 Å². The molecule has 1 saturated heterocycles. The van der Waals surface area contributed by atoms with E-state index >= 15 is 0 Å². The molecule has 45 heavy (non-hydrogen) atoms. The van der Waals surface area contributed by atoms with Crippen LogP contribution in [0.15, 0.2) is 60.9 Å². The third-order valence-corrected chi connectivity index (χ3v) is 8.26. The molecule has 0 spiro atoms. The molecule has 4 unspecified atom stereocenters. The van der Waals surface area contributed by atoms with Gasteiger partial charge in [0.05, 0.1) is 6.04 Å². The average Bonchev–Trinajstić information content (AvgIpc) is 3.77. The number of hydrogen-bond donors (Lipinski definition) is 7. The molecular formula is C32H36N6O7. The Bertz CT molecular complexity index is 1730. The lowest BCUT2D eigenvalue weighted by molar-refractivity contribution is -0.144. The van der Waals surface area contributed by atoms with Gasteiger partial charge in [-0.3, -0.25) is 19.2 Å². The Morgan fingerprint density at radius 3 is 2.07 bits per heavy atom. The lowest BCUT2D eigenvalue weighted by atomic mass is 10.0. The molecule has 0 saturated carbocycles. The molecule has 8 N–H and O–H groups in total. The number of aromatic nitrogens is 2. The smallest absolute Gasteiger partial charge is 0.326 e. The van der Waals surface area contributed by atoms with Crippen molar-refractivity contribution >= 4 is 51.5 Å². The van der Waals surface area contributed by atoms with Crippen molar-refractivity contribution < 1.29 is 34.2 Å². The van der Waals surface area contributed by atoms with Gasteiger partial charge in [-0.05, 0) is 48.9 Å². The van der Waals surface area contributed by atoms with Crippen molar-refractivity contribution in [2.45, 2.75) is 62.7 Å². The van der Waals surface area contributed by atoms with Gasteiger partial charge in [-0.25, -0.2) is 4.79 Å². The number of rotatable bonds is 13.